The summed E-state index contributed by atoms with van der Waals surface area (Å²) in [7, 11) is 1.37. The summed E-state index contributed by atoms with van der Waals surface area (Å²) in [6.07, 6.45) is 0.610. The molecule has 2 rings (SSSR count). The summed E-state index contributed by atoms with van der Waals surface area (Å²) in [5.74, 6) is -0.238. The maximum absolute atomic E-state index is 11.9. The first-order valence-corrected chi connectivity index (χ1v) is 7.91. The topological polar surface area (TPSA) is 43.4 Å². The number of ether oxygens (including phenoxy) is 1. The first-order valence-electron chi connectivity index (χ1n) is 7.10. The van der Waals surface area contributed by atoms with Crippen LogP contribution in [-0.2, 0) is 16.0 Å². The fourth-order valence-electron chi connectivity index (χ4n) is 2.04. The van der Waals surface area contributed by atoms with Gasteiger partial charge in [-0.3, -0.25) is 9.59 Å². The van der Waals surface area contributed by atoms with E-state index >= 15 is 0 Å². The van der Waals surface area contributed by atoms with Gasteiger partial charge in [0.05, 0.1) is 13.5 Å². The molecule has 3 nitrogen and oxygen atoms in total. The van der Waals surface area contributed by atoms with Crippen molar-refractivity contribution in [3.63, 3.8) is 0 Å². The van der Waals surface area contributed by atoms with Gasteiger partial charge in [-0.2, -0.15) is 0 Å². The smallest absolute Gasteiger partial charge is 0.310 e. The molecule has 0 saturated heterocycles. The van der Waals surface area contributed by atoms with Crippen LogP contribution in [0.15, 0.2) is 58.3 Å². The van der Waals surface area contributed by atoms with Crippen LogP contribution in [0.25, 0.3) is 0 Å². The Morgan fingerprint density at radius 1 is 1.09 bits per heavy atom. The van der Waals surface area contributed by atoms with Gasteiger partial charge in [0, 0.05) is 21.8 Å². The van der Waals surface area contributed by atoms with Crippen LogP contribution in [0.5, 0.6) is 0 Å². The van der Waals surface area contributed by atoms with E-state index in [2.05, 4.69) is 0 Å². The fraction of sp³-hybridized carbons (Fsp3) is 0.222. The summed E-state index contributed by atoms with van der Waals surface area (Å²) in [5, 5.41) is 0. The summed E-state index contributed by atoms with van der Waals surface area (Å²) in [6.45, 7) is 1.83. The lowest BCUT2D eigenvalue weighted by Crippen LogP contribution is -2.07. The summed E-state index contributed by atoms with van der Waals surface area (Å²) in [5.41, 5.74) is 1.46. The van der Waals surface area contributed by atoms with E-state index in [1.54, 1.807) is 17.8 Å². The number of methoxy groups -OCH3 is 1. The lowest BCUT2D eigenvalue weighted by Gasteiger charge is -2.10. The molecule has 0 fully saturated rings. The van der Waals surface area contributed by atoms with Crippen LogP contribution < -0.4 is 0 Å². The number of carbonyl (C=O) groups is 2. The fourth-order valence-corrected chi connectivity index (χ4v) is 2.98. The van der Waals surface area contributed by atoms with Crippen molar-refractivity contribution in [3.05, 3.63) is 59.7 Å². The van der Waals surface area contributed by atoms with Gasteiger partial charge in [0.2, 0.25) is 0 Å². The molecule has 0 heterocycles. The van der Waals surface area contributed by atoms with Gasteiger partial charge in [-0.05, 0) is 29.8 Å². The zero-order chi connectivity index (χ0) is 15.9. The van der Waals surface area contributed by atoms with Crippen LogP contribution in [0.1, 0.15) is 29.3 Å². The molecule has 0 amide bonds. The van der Waals surface area contributed by atoms with Crippen molar-refractivity contribution < 1.29 is 14.3 Å². The zero-order valence-electron chi connectivity index (χ0n) is 12.7. The van der Waals surface area contributed by atoms with Gasteiger partial charge < -0.3 is 4.74 Å². The Hall–Kier alpha value is -2.07. The highest BCUT2D eigenvalue weighted by Crippen LogP contribution is 2.31. The van der Waals surface area contributed by atoms with Gasteiger partial charge in [0.25, 0.3) is 0 Å². The summed E-state index contributed by atoms with van der Waals surface area (Å²) in [6, 6.07) is 15.4. The average molecular weight is 314 g/mol. The number of Topliss-reactive ketones (excluding diaryl/α,β-unsaturated/α-hetero) is 1. The molecule has 0 saturated carbocycles. The number of hydrogen-bond acceptors (Lipinski definition) is 4. The average Bonchev–Trinajstić information content (AvgIpc) is 2.56. The molecular formula is C18H18O3S. The minimum Gasteiger partial charge on any atom is -0.469 e. The molecule has 0 aliphatic rings. The molecule has 2 aromatic rings. The van der Waals surface area contributed by atoms with Crippen LogP contribution in [0.3, 0.4) is 0 Å². The molecule has 0 bridgehead atoms. The van der Waals surface area contributed by atoms with Gasteiger partial charge in [-0.1, -0.05) is 43.0 Å². The molecule has 114 valence electrons. The quantitative estimate of drug-likeness (QED) is 0.593. The number of esters is 1. The standard InChI is InChI=1S/C18H18O3S/c1-3-16(19)13-9-10-17(14(11-13)12-18(20)21-2)22-15-7-5-4-6-8-15/h4-11H,3,12H2,1-2H3. The Bertz CT molecular complexity index is 665. The van der Waals surface area contributed by atoms with Crippen LogP contribution in [0.2, 0.25) is 0 Å². The maximum Gasteiger partial charge on any atom is 0.310 e. The van der Waals surface area contributed by atoms with Crippen LogP contribution in [0.4, 0.5) is 0 Å². The van der Waals surface area contributed by atoms with Gasteiger partial charge in [0.15, 0.2) is 5.78 Å². The lowest BCUT2D eigenvalue weighted by molar-refractivity contribution is -0.139. The molecule has 0 aromatic heterocycles. The Labute approximate surface area is 134 Å². The molecule has 22 heavy (non-hydrogen) atoms. The predicted octanol–water partition coefficient (Wildman–Crippen LogP) is 4.15. The third-order valence-electron chi connectivity index (χ3n) is 3.24. The third-order valence-corrected chi connectivity index (χ3v) is 4.36. The zero-order valence-corrected chi connectivity index (χ0v) is 13.5. The molecule has 0 spiro atoms. The van der Waals surface area contributed by atoms with E-state index in [1.807, 2.05) is 49.4 Å². The monoisotopic (exact) mass is 314 g/mol. The molecule has 0 aliphatic carbocycles. The number of rotatable bonds is 6. The second-order valence-electron chi connectivity index (χ2n) is 4.77. The summed E-state index contributed by atoms with van der Waals surface area (Å²) >= 11 is 1.58. The van der Waals surface area contributed by atoms with Crippen LogP contribution in [-0.4, -0.2) is 18.9 Å². The Balaban J connectivity index is 2.34. The molecule has 4 heteroatoms. The molecular weight excluding hydrogens is 296 g/mol. The summed E-state index contributed by atoms with van der Waals surface area (Å²) in [4.78, 5) is 25.5. The Morgan fingerprint density at radius 3 is 2.45 bits per heavy atom. The predicted molar refractivity (Wildman–Crippen MR) is 87.3 cm³/mol. The van der Waals surface area contributed by atoms with Crippen molar-refractivity contribution in [1.29, 1.82) is 0 Å². The van der Waals surface area contributed by atoms with E-state index in [0.717, 1.165) is 15.4 Å². The minimum atomic E-state index is -0.309. The van der Waals surface area contributed by atoms with Crippen molar-refractivity contribution in [3.8, 4) is 0 Å². The molecule has 0 radical (unpaired) electrons. The molecule has 0 N–H and O–H groups in total. The largest absolute Gasteiger partial charge is 0.469 e. The van der Waals surface area contributed by atoms with E-state index in [-0.39, 0.29) is 18.2 Å². The summed E-state index contributed by atoms with van der Waals surface area (Å²) < 4.78 is 4.75. The van der Waals surface area contributed by atoms with Crippen molar-refractivity contribution in [2.75, 3.05) is 7.11 Å². The Morgan fingerprint density at radius 2 is 1.82 bits per heavy atom. The minimum absolute atomic E-state index is 0.0716. The normalized spacial score (nSPS) is 10.3. The first kappa shape index (κ1) is 16.3. The number of ketones is 1. The number of hydrogen-bond donors (Lipinski definition) is 0. The highest BCUT2D eigenvalue weighted by Gasteiger charge is 2.13. The maximum atomic E-state index is 11.9. The second-order valence-corrected chi connectivity index (χ2v) is 5.88. The highest BCUT2D eigenvalue weighted by atomic mass is 32.2. The third kappa shape index (κ3) is 4.21. The highest BCUT2D eigenvalue weighted by molar-refractivity contribution is 7.99. The van der Waals surface area contributed by atoms with Crippen molar-refractivity contribution in [2.45, 2.75) is 29.6 Å². The number of benzene rings is 2. The van der Waals surface area contributed by atoms with E-state index in [9.17, 15) is 9.59 Å². The van der Waals surface area contributed by atoms with Gasteiger partial charge in [0.1, 0.15) is 0 Å². The SMILES string of the molecule is CCC(=O)c1ccc(Sc2ccccc2)c(CC(=O)OC)c1. The number of carbonyl (C=O) groups excluding carboxylic acids is 2. The van der Waals surface area contributed by atoms with Crippen LogP contribution >= 0.6 is 11.8 Å². The molecule has 0 atom stereocenters. The molecule has 2 aromatic carbocycles. The van der Waals surface area contributed by atoms with Crippen molar-refractivity contribution >= 4 is 23.5 Å². The lowest BCUT2D eigenvalue weighted by atomic mass is 10.0. The first-order chi connectivity index (χ1) is 10.6. The Kier molecular flexibility index (Phi) is 5.78. The second kappa shape index (κ2) is 7.80. The van der Waals surface area contributed by atoms with Gasteiger partial charge >= 0.3 is 5.97 Å². The van der Waals surface area contributed by atoms with Crippen LogP contribution in [0, 0.1) is 0 Å². The van der Waals surface area contributed by atoms with E-state index in [1.165, 1.54) is 7.11 Å². The van der Waals surface area contributed by atoms with Crippen molar-refractivity contribution in [2.24, 2.45) is 0 Å². The van der Waals surface area contributed by atoms with E-state index < -0.39 is 0 Å². The van der Waals surface area contributed by atoms with Gasteiger partial charge in [-0.15, -0.1) is 0 Å². The van der Waals surface area contributed by atoms with Crippen molar-refractivity contribution in [1.82, 2.24) is 0 Å². The molecule has 0 aliphatic heterocycles. The van der Waals surface area contributed by atoms with E-state index in [0.29, 0.717) is 12.0 Å². The van der Waals surface area contributed by atoms with Gasteiger partial charge in [-0.25, -0.2) is 0 Å². The van der Waals surface area contributed by atoms with E-state index in [4.69, 9.17) is 4.74 Å². The molecule has 0 unspecified atom stereocenters.